The number of thioether (sulfide) groups is 1. The zero-order valence-corrected chi connectivity index (χ0v) is 11.8. The molecule has 2 rings (SSSR count). The molecule has 1 aromatic carbocycles. The summed E-state index contributed by atoms with van der Waals surface area (Å²) in [5.41, 5.74) is 0.916. The normalized spacial score (nSPS) is 12.3. The molecule has 1 atom stereocenters. The highest BCUT2D eigenvalue weighted by Crippen LogP contribution is 2.18. The van der Waals surface area contributed by atoms with E-state index < -0.39 is 0 Å². The van der Waals surface area contributed by atoms with Gasteiger partial charge in [0.05, 0.1) is 0 Å². The van der Waals surface area contributed by atoms with Crippen LogP contribution in [-0.2, 0) is 11.2 Å². The molecule has 0 bridgehead atoms. The van der Waals surface area contributed by atoms with Crippen molar-refractivity contribution >= 4 is 16.9 Å². The lowest BCUT2D eigenvalue weighted by molar-refractivity contribution is -0.114. The van der Waals surface area contributed by atoms with Crippen molar-refractivity contribution in [3.63, 3.8) is 0 Å². The molecule has 19 heavy (non-hydrogen) atoms. The zero-order valence-electron chi connectivity index (χ0n) is 11.0. The molecule has 0 saturated heterocycles. The van der Waals surface area contributed by atoms with Gasteiger partial charge in [0.15, 0.2) is 5.12 Å². The van der Waals surface area contributed by atoms with Gasteiger partial charge in [-0.25, -0.2) is 0 Å². The second-order valence-corrected chi connectivity index (χ2v) is 5.50. The fraction of sp³-hybridized carbons (Fsp3) is 0.357. The molecule has 0 spiro atoms. The van der Waals surface area contributed by atoms with E-state index in [1.807, 2.05) is 44.2 Å². The number of rotatable bonds is 5. The maximum absolute atomic E-state index is 11.7. The molecule has 100 valence electrons. The van der Waals surface area contributed by atoms with E-state index in [2.05, 4.69) is 10.1 Å². The number of benzene rings is 1. The number of carbonyl (C=O) groups is 1. The molecule has 0 saturated carbocycles. The number of nitrogens with zero attached hydrogens (tertiary/aromatic N) is 2. The average molecular weight is 276 g/mol. The van der Waals surface area contributed by atoms with Crippen molar-refractivity contribution in [1.82, 2.24) is 10.1 Å². The second-order valence-electron chi connectivity index (χ2n) is 4.23. The molecule has 0 aliphatic rings. The molecule has 0 fully saturated rings. The molecule has 2 aromatic rings. The van der Waals surface area contributed by atoms with Crippen LogP contribution in [0.3, 0.4) is 0 Å². The van der Waals surface area contributed by atoms with Crippen molar-refractivity contribution in [2.24, 2.45) is 5.92 Å². The Bertz CT molecular complexity index is 539. The van der Waals surface area contributed by atoms with Crippen LogP contribution in [0.25, 0.3) is 11.4 Å². The van der Waals surface area contributed by atoms with Crippen LogP contribution in [0.15, 0.2) is 34.9 Å². The van der Waals surface area contributed by atoms with Gasteiger partial charge in [-0.3, -0.25) is 4.79 Å². The van der Waals surface area contributed by atoms with Crippen LogP contribution in [-0.4, -0.2) is 21.0 Å². The van der Waals surface area contributed by atoms with Gasteiger partial charge < -0.3 is 4.52 Å². The fourth-order valence-electron chi connectivity index (χ4n) is 1.67. The highest BCUT2D eigenvalue weighted by molar-refractivity contribution is 8.13. The lowest BCUT2D eigenvalue weighted by Gasteiger charge is -2.04. The predicted octanol–water partition coefficient (Wildman–Crippen LogP) is 3.19. The van der Waals surface area contributed by atoms with Gasteiger partial charge in [-0.2, -0.15) is 4.98 Å². The molecule has 1 unspecified atom stereocenters. The molecular weight excluding hydrogens is 260 g/mol. The van der Waals surface area contributed by atoms with Crippen molar-refractivity contribution in [1.29, 1.82) is 0 Å². The Morgan fingerprint density at radius 3 is 2.79 bits per heavy atom. The van der Waals surface area contributed by atoms with E-state index in [1.165, 1.54) is 11.8 Å². The van der Waals surface area contributed by atoms with E-state index in [0.717, 1.165) is 11.3 Å². The zero-order chi connectivity index (χ0) is 13.7. The summed E-state index contributed by atoms with van der Waals surface area (Å²) in [7, 11) is 0. The van der Waals surface area contributed by atoms with Crippen molar-refractivity contribution in [2.45, 2.75) is 20.3 Å². The lowest BCUT2D eigenvalue weighted by Crippen LogP contribution is -2.10. The maximum atomic E-state index is 11.7. The monoisotopic (exact) mass is 276 g/mol. The summed E-state index contributed by atoms with van der Waals surface area (Å²) in [5.74, 6) is 1.77. The Morgan fingerprint density at radius 1 is 1.37 bits per heavy atom. The van der Waals surface area contributed by atoms with Gasteiger partial charge in [0, 0.05) is 17.9 Å². The third-order valence-corrected chi connectivity index (χ3v) is 3.65. The summed E-state index contributed by atoms with van der Waals surface area (Å²) in [4.78, 5) is 16.0. The van der Waals surface area contributed by atoms with Crippen molar-refractivity contribution in [2.75, 3.05) is 5.75 Å². The molecule has 1 aromatic heterocycles. The molecule has 0 amide bonds. The van der Waals surface area contributed by atoms with E-state index >= 15 is 0 Å². The highest BCUT2D eigenvalue weighted by atomic mass is 32.2. The molecular formula is C14H16N2O2S. The molecule has 4 nitrogen and oxygen atoms in total. The molecule has 0 radical (unpaired) electrons. The van der Waals surface area contributed by atoms with Gasteiger partial charge in [0.25, 0.3) is 0 Å². The number of hydrogen-bond donors (Lipinski definition) is 0. The minimum absolute atomic E-state index is 0.103. The Kier molecular flexibility index (Phi) is 4.74. The summed E-state index contributed by atoms with van der Waals surface area (Å²) in [6.45, 7) is 3.85. The third kappa shape index (κ3) is 3.67. The lowest BCUT2D eigenvalue weighted by atomic mass is 10.1. The summed E-state index contributed by atoms with van der Waals surface area (Å²) >= 11 is 1.33. The Labute approximate surface area is 116 Å². The van der Waals surface area contributed by atoms with Crippen molar-refractivity contribution in [3.05, 3.63) is 36.2 Å². The van der Waals surface area contributed by atoms with Crippen LogP contribution in [0.4, 0.5) is 0 Å². The Balaban J connectivity index is 2.04. The summed E-state index contributed by atoms with van der Waals surface area (Å²) in [6.07, 6.45) is 0.492. The average Bonchev–Trinajstić information content (AvgIpc) is 2.88. The van der Waals surface area contributed by atoms with Crippen LogP contribution in [0.5, 0.6) is 0 Å². The van der Waals surface area contributed by atoms with Gasteiger partial charge in [0.2, 0.25) is 11.7 Å². The van der Waals surface area contributed by atoms with Crippen LogP contribution < -0.4 is 0 Å². The van der Waals surface area contributed by atoms with Crippen molar-refractivity contribution in [3.8, 4) is 11.4 Å². The van der Waals surface area contributed by atoms with E-state index in [-0.39, 0.29) is 11.0 Å². The van der Waals surface area contributed by atoms with Crippen LogP contribution in [0, 0.1) is 5.92 Å². The van der Waals surface area contributed by atoms with E-state index in [4.69, 9.17) is 4.52 Å². The standard InChI is InChI=1S/C14H16N2O2S/c1-3-19-14(17)10(2)9-12-15-13(16-18-12)11-7-5-4-6-8-11/h4-8,10H,3,9H2,1-2H3. The van der Waals surface area contributed by atoms with Gasteiger partial charge in [-0.05, 0) is 5.75 Å². The molecule has 0 aliphatic carbocycles. The maximum Gasteiger partial charge on any atom is 0.227 e. The smallest absolute Gasteiger partial charge is 0.227 e. The SMILES string of the molecule is CCSC(=O)C(C)Cc1nc(-c2ccccc2)no1. The fourth-order valence-corrected chi connectivity index (χ4v) is 2.32. The highest BCUT2D eigenvalue weighted by Gasteiger charge is 2.17. The first-order valence-corrected chi connectivity index (χ1v) is 7.24. The summed E-state index contributed by atoms with van der Waals surface area (Å²) in [5, 5.41) is 4.11. The quantitative estimate of drug-likeness (QED) is 0.839. The van der Waals surface area contributed by atoms with E-state index in [0.29, 0.717) is 18.1 Å². The van der Waals surface area contributed by atoms with Crippen LogP contribution in [0.2, 0.25) is 0 Å². The Morgan fingerprint density at radius 2 is 2.11 bits per heavy atom. The first kappa shape index (κ1) is 13.8. The summed E-state index contributed by atoms with van der Waals surface area (Å²) in [6, 6.07) is 9.64. The van der Waals surface area contributed by atoms with Crippen LogP contribution >= 0.6 is 11.8 Å². The van der Waals surface area contributed by atoms with Gasteiger partial charge >= 0.3 is 0 Å². The van der Waals surface area contributed by atoms with Gasteiger partial charge in [0.1, 0.15) is 0 Å². The number of hydrogen-bond acceptors (Lipinski definition) is 5. The second kappa shape index (κ2) is 6.52. The summed E-state index contributed by atoms with van der Waals surface area (Å²) < 4.78 is 5.20. The number of carbonyl (C=O) groups excluding carboxylic acids is 1. The van der Waals surface area contributed by atoms with E-state index in [9.17, 15) is 4.79 Å². The predicted molar refractivity (Wildman–Crippen MR) is 75.7 cm³/mol. The van der Waals surface area contributed by atoms with E-state index in [1.54, 1.807) is 0 Å². The largest absolute Gasteiger partial charge is 0.339 e. The van der Waals surface area contributed by atoms with Crippen molar-refractivity contribution < 1.29 is 9.32 Å². The first-order valence-electron chi connectivity index (χ1n) is 6.25. The minimum atomic E-state index is -0.103. The molecule has 0 N–H and O–H groups in total. The minimum Gasteiger partial charge on any atom is -0.339 e. The van der Waals surface area contributed by atoms with Crippen LogP contribution in [0.1, 0.15) is 19.7 Å². The number of aromatic nitrogens is 2. The first-order chi connectivity index (χ1) is 9.20. The third-order valence-electron chi connectivity index (χ3n) is 2.67. The molecule has 0 aliphatic heterocycles. The Hall–Kier alpha value is -1.62. The molecule has 1 heterocycles. The topological polar surface area (TPSA) is 56.0 Å². The molecule has 5 heteroatoms. The van der Waals surface area contributed by atoms with Gasteiger partial charge in [-0.1, -0.05) is 61.1 Å². The van der Waals surface area contributed by atoms with Gasteiger partial charge in [-0.15, -0.1) is 0 Å².